The Bertz CT molecular complexity index is 477. The fourth-order valence-electron chi connectivity index (χ4n) is 1.79. The molecule has 0 aromatic carbocycles. The number of aromatic nitrogens is 2. The van der Waals surface area contributed by atoms with Gasteiger partial charge < -0.3 is 9.15 Å². The van der Waals surface area contributed by atoms with Crippen molar-refractivity contribution in [3.63, 3.8) is 0 Å². The zero-order valence-corrected chi connectivity index (χ0v) is 12.8. The molecule has 108 valence electrons. The Hall–Kier alpha value is -0.790. The van der Waals surface area contributed by atoms with Crippen LogP contribution in [0.4, 0.5) is 0 Å². The van der Waals surface area contributed by atoms with Crippen LogP contribution in [0.1, 0.15) is 45.5 Å². The smallest absolute Gasteiger partial charge is 0.235 e. The van der Waals surface area contributed by atoms with Crippen LogP contribution in [0.15, 0.2) is 4.42 Å². The number of rotatable bonds is 4. The van der Waals surface area contributed by atoms with Gasteiger partial charge in [-0.2, -0.15) is 0 Å². The van der Waals surface area contributed by atoms with Crippen LogP contribution in [-0.2, 0) is 15.7 Å². The molecule has 2 atom stereocenters. The molecule has 7 heteroatoms. The highest BCUT2D eigenvalue weighted by molar-refractivity contribution is 7.84. The van der Waals surface area contributed by atoms with Gasteiger partial charge in [-0.1, -0.05) is 6.92 Å². The van der Waals surface area contributed by atoms with Gasteiger partial charge in [-0.3, -0.25) is 0 Å². The van der Waals surface area contributed by atoms with E-state index in [4.69, 9.17) is 9.15 Å². The van der Waals surface area contributed by atoms with Gasteiger partial charge in [0.1, 0.15) is 6.04 Å². The molecule has 1 aliphatic heterocycles. The van der Waals surface area contributed by atoms with Crippen molar-refractivity contribution < 1.29 is 13.4 Å². The third-order valence-corrected chi connectivity index (χ3v) is 4.69. The van der Waals surface area contributed by atoms with E-state index < -0.39 is 11.0 Å². The maximum absolute atomic E-state index is 12.3. The minimum atomic E-state index is -1.21. The van der Waals surface area contributed by atoms with Gasteiger partial charge in [-0.15, -0.1) is 10.2 Å². The standard InChI is InChI=1S/C12H21N3O3S/c1-8-13-14-10(18-8)9(12(5)6-17-7-12)15-19(16)11(2,3)4/h9,15H,6-7H2,1-5H3. The summed E-state index contributed by atoms with van der Waals surface area (Å²) in [4.78, 5) is 0. The van der Waals surface area contributed by atoms with Gasteiger partial charge in [0.25, 0.3) is 0 Å². The van der Waals surface area contributed by atoms with Crippen LogP contribution in [0.25, 0.3) is 0 Å². The zero-order valence-electron chi connectivity index (χ0n) is 12.0. The molecule has 0 saturated carbocycles. The predicted molar refractivity (Wildman–Crippen MR) is 71.7 cm³/mol. The normalized spacial score (nSPS) is 21.7. The van der Waals surface area contributed by atoms with Crippen LogP contribution >= 0.6 is 0 Å². The molecular weight excluding hydrogens is 266 g/mol. The van der Waals surface area contributed by atoms with E-state index in [9.17, 15) is 4.21 Å². The first-order valence-electron chi connectivity index (χ1n) is 6.28. The molecule has 1 fully saturated rings. The molecule has 2 unspecified atom stereocenters. The van der Waals surface area contributed by atoms with Crippen molar-refractivity contribution in [3.05, 3.63) is 11.8 Å². The monoisotopic (exact) mass is 287 g/mol. The number of nitrogens with zero attached hydrogens (tertiary/aromatic N) is 2. The maximum atomic E-state index is 12.3. The third-order valence-electron chi connectivity index (χ3n) is 3.13. The first kappa shape index (κ1) is 14.6. The number of hydrogen-bond donors (Lipinski definition) is 1. The van der Waals surface area contributed by atoms with Crippen molar-refractivity contribution >= 4 is 11.0 Å². The summed E-state index contributed by atoms with van der Waals surface area (Å²) in [6.45, 7) is 10.8. The summed E-state index contributed by atoms with van der Waals surface area (Å²) in [6, 6.07) is -0.262. The minimum Gasteiger partial charge on any atom is -0.424 e. The maximum Gasteiger partial charge on any atom is 0.235 e. The van der Waals surface area contributed by atoms with Gasteiger partial charge >= 0.3 is 0 Å². The second kappa shape index (κ2) is 4.96. The Kier molecular flexibility index (Phi) is 3.81. The first-order valence-corrected chi connectivity index (χ1v) is 7.43. The van der Waals surface area contributed by atoms with Crippen LogP contribution in [-0.4, -0.2) is 32.4 Å². The Balaban J connectivity index is 2.23. The lowest BCUT2D eigenvalue weighted by molar-refractivity contribution is -0.122. The van der Waals surface area contributed by atoms with Crippen LogP contribution in [0.5, 0.6) is 0 Å². The van der Waals surface area contributed by atoms with E-state index in [1.807, 2.05) is 20.8 Å². The summed E-state index contributed by atoms with van der Waals surface area (Å²) >= 11 is 0. The molecule has 19 heavy (non-hydrogen) atoms. The molecular formula is C12H21N3O3S. The number of ether oxygens (including phenoxy) is 1. The van der Waals surface area contributed by atoms with Crippen LogP contribution in [0.2, 0.25) is 0 Å². The van der Waals surface area contributed by atoms with Gasteiger partial charge in [-0.25, -0.2) is 8.93 Å². The van der Waals surface area contributed by atoms with Gasteiger partial charge in [-0.05, 0) is 20.8 Å². The molecule has 1 N–H and O–H groups in total. The Labute approximate surface area is 115 Å². The Morgan fingerprint density at radius 2 is 2.00 bits per heavy atom. The van der Waals surface area contributed by atoms with E-state index in [1.165, 1.54) is 0 Å². The third kappa shape index (κ3) is 3.04. The summed E-state index contributed by atoms with van der Waals surface area (Å²) in [6.07, 6.45) is 0. The molecule has 1 saturated heterocycles. The van der Waals surface area contributed by atoms with Gasteiger partial charge in [0.05, 0.1) is 28.9 Å². The second-order valence-corrected chi connectivity index (χ2v) is 8.24. The molecule has 0 aliphatic carbocycles. The largest absolute Gasteiger partial charge is 0.424 e. The molecule has 1 aliphatic rings. The van der Waals surface area contributed by atoms with Crippen molar-refractivity contribution in [3.8, 4) is 0 Å². The highest BCUT2D eigenvalue weighted by atomic mass is 32.2. The van der Waals surface area contributed by atoms with E-state index in [2.05, 4.69) is 21.8 Å². The van der Waals surface area contributed by atoms with Gasteiger partial charge in [0, 0.05) is 12.3 Å². The van der Waals surface area contributed by atoms with Crippen molar-refractivity contribution in [2.45, 2.75) is 45.4 Å². The zero-order chi connectivity index (χ0) is 14.3. The van der Waals surface area contributed by atoms with Crippen LogP contribution < -0.4 is 4.72 Å². The van der Waals surface area contributed by atoms with Crippen LogP contribution in [0.3, 0.4) is 0 Å². The highest BCUT2D eigenvalue weighted by Gasteiger charge is 2.46. The number of nitrogens with one attached hydrogen (secondary N) is 1. The highest BCUT2D eigenvalue weighted by Crippen LogP contribution is 2.40. The average Bonchev–Trinajstić information content (AvgIpc) is 2.67. The number of aryl methyl sites for hydroxylation is 1. The predicted octanol–water partition coefficient (Wildman–Crippen LogP) is 1.51. The van der Waals surface area contributed by atoms with E-state index in [0.29, 0.717) is 25.0 Å². The topological polar surface area (TPSA) is 77.2 Å². The molecule has 1 aromatic heterocycles. The second-order valence-electron chi connectivity index (χ2n) is 6.24. The molecule has 2 heterocycles. The molecule has 0 amide bonds. The lowest BCUT2D eigenvalue weighted by atomic mass is 9.81. The first-order chi connectivity index (χ1) is 8.72. The van der Waals surface area contributed by atoms with Crippen molar-refractivity contribution in [1.82, 2.24) is 14.9 Å². The van der Waals surface area contributed by atoms with Crippen molar-refractivity contribution in [1.29, 1.82) is 0 Å². The van der Waals surface area contributed by atoms with E-state index in [0.717, 1.165) is 0 Å². The number of hydrogen-bond acceptors (Lipinski definition) is 5. The molecule has 0 spiro atoms. The van der Waals surface area contributed by atoms with Gasteiger partial charge in [0.2, 0.25) is 11.8 Å². The van der Waals surface area contributed by atoms with Crippen molar-refractivity contribution in [2.24, 2.45) is 5.41 Å². The van der Waals surface area contributed by atoms with Crippen LogP contribution in [0, 0.1) is 12.3 Å². The molecule has 6 nitrogen and oxygen atoms in total. The summed E-state index contributed by atoms with van der Waals surface area (Å²) < 4.78 is 25.9. The molecule has 1 aromatic rings. The summed E-state index contributed by atoms with van der Waals surface area (Å²) in [5.41, 5.74) is -0.167. The van der Waals surface area contributed by atoms with E-state index in [1.54, 1.807) is 6.92 Å². The fourth-order valence-corrected chi connectivity index (χ4v) is 2.75. The minimum absolute atomic E-state index is 0.167. The molecule has 0 bridgehead atoms. The Morgan fingerprint density at radius 1 is 1.37 bits per heavy atom. The fraction of sp³-hybridized carbons (Fsp3) is 0.833. The summed E-state index contributed by atoms with van der Waals surface area (Å²) in [5.74, 6) is 0.980. The van der Waals surface area contributed by atoms with Gasteiger partial charge in [0.15, 0.2) is 0 Å². The summed E-state index contributed by atoms with van der Waals surface area (Å²) in [5, 5.41) is 7.91. The lowest BCUT2D eigenvalue weighted by Crippen LogP contribution is -2.51. The van der Waals surface area contributed by atoms with E-state index in [-0.39, 0.29) is 16.2 Å². The SMILES string of the molecule is Cc1nnc(C(NS(=O)C(C)(C)C)C2(C)COC2)o1. The molecule has 0 radical (unpaired) electrons. The van der Waals surface area contributed by atoms with Crippen molar-refractivity contribution in [2.75, 3.05) is 13.2 Å². The molecule has 2 rings (SSSR count). The lowest BCUT2D eigenvalue weighted by Gasteiger charge is -2.43. The quantitative estimate of drug-likeness (QED) is 0.908. The average molecular weight is 287 g/mol. The summed E-state index contributed by atoms with van der Waals surface area (Å²) in [7, 11) is -1.21. The van der Waals surface area contributed by atoms with E-state index >= 15 is 0 Å². The Morgan fingerprint density at radius 3 is 2.37 bits per heavy atom.